The molecule has 0 aromatic heterocycles. The molecule has 3 N–H and O–H groups in total. The first-order chi connectivity index (χ1) is 9.65. The molecule has 1 amide bonds. The number of hydrogen-bond acceptors (Lipinski definition) is 3. The van der Waals surface area contributed by atoms with Gasteiger partial charge in [0.15, 0.2) is 0 Å². The summed E-state index contributed by atoms with van der Waals surface area (Å²) < 4.78 is 0. The number of nitrogens with zero attached hydrogens (tertiary/aromatic N) is 1. The number of hydrogen-bond donors (Lipinski definition) is 2. The Balaban J connectivity index is 1.74. The molecule has 1 aliphatic rings. The topological polar surface area (TPSA) is 58.4 Å². The number of likely N-dealkylation sites (N-methyl/N-ethyl adjacent to an activating group) is 1. The summed E-state index contributed by atoms with van der Waals surface area (Å²) in [6.45, 7) is 2.05. The second kappa shape index (κ2) is 7.41. The quantitative estimate of drug-likeness (QED) is 0.848. The van der Waals surface area contributed by atoms with Crippen molar-refractivity contribution in [1.82, 2.24) is 10.2 Å². The van der Waals surface area contributed by atoms with Gasteiger partial charge in [-0.2, -0.15) is 0 Å². The highest BCUT2D eigenvalue weighted by atomic mass is 16.2. The lowest BCUT2D eigenvalue weighted by Gasteiger charge is -2.30. The van der Waals surface area contributed by atoms with Gasteiger partial charge in [0.05, 0.1) is 6.04 Å². The van der Waals surface area contributed by atoms with Crippen LogP contribution in [0, 0.1) is 0 Å². The molecule has 1 aromatic carbocycles. The Hall–Kier alpha value is -1.39. The minimum absolute atomic E-state index is 0.0127. The first kappa shape index (κ1) is 15.0. The van der Waals surface area contributed by atoms with Gasteiger partial charge in [0.25, 0.3) is 0 Å². The molecular formula is C16H25N3O. The number of likely N-dealkylation sites (tertiary alicyclic amines) is 1. The fourth-order valence-electron chi connectivity index (χ4n) is 2.69. The summed E-state index contributed by atoms with van der Waals surface area (Å²) in [5, 5.41) is 3.08. The zero-order valence-electron chi connectivity index (χ0n) is 12.2. The lowest BCUT2D eigenvalue weighted by atomic mass is 10.0. The van der Waals surface area contributed by atoms with Crippen LogP contribution >= 0.6 is 0 Å². The molecule has 4 heteroatoms. The van der Waals surface area contributed by atoms with E-state index in [2.05, 4.69) is 29.4 Å². The fourth-order valence-corrected chi connectivity index (χ4v) is 2.69. The van der Waals surface area contributed by atoms with Gasteiger partial charge in [-0.25, -0.2) is 0 Å². The molecule has 0 aliphatic carbocycles. The Morgan fingerprint density at radius 1 is 1.45 bits per heavy atom. The van der Waals surface area contributed by atoms with Crippen molar-refractivity contribution in [2.45, 2.75) is 37.8 Å². The molecule has 2 unspecified atom stereocenters. The number of amides is 1. The molecular weight excluding hydrogens is 250 g/mol. The molecule has 2 rings (SSSR count). The maximum atomic E-state index is 12.1. The highest BCUT2D eigenvalue weighted by Crippen LogP contribution is 2.09. The SMILES string of the molecule is CN1CCCC(NC(=O)C(N)CCc2ccccc2)C1. The Bertz CT molecular complexity index is 421. The van der Waals surface area contributed by atoms with E-state index < -0.39 is 6.04 Å². The predicted octanol–water partition coefficient (Wildman–Crippen LogP) is 1.16. The molecule has 110 valence electrons. The summed E-state index contributed by atoms with van der Waals surface area (Å²) in [4.78, 5) is 14.3. The van der Waals surface area contributed by atoms with Gasteiger partial charge < -0.3 is 16.0 Å². The van der Waals surface area contributed by atoms with Crippen LogP contribution in [0.1, 0.15) is 24.8 Å². The highest BCUT2D eigenvalue weighted by Gasteiger charge is 2.21. The Labute approximate surface area is 121 Å². The van der Waals surface area contributed by atoms with Gasteiger partial charge in [0, 0.05) is 12.6 Å². The average molecular weight is 275 g/mol. The number of rotatable bonds is 5. The van der Waals surface area contributed by atoms with E-state index in [-0.39, 0.29) is 11.9 Å². The fraction of sp³-hybridized carbons (Fsp3) is 0.562. The first-order valence-corrected chi connectivity index (χ1v) is 7.43. The van der Waals surface area contributed by atoms with Crippen molar-refractivity contribution < 1.29 is 4.79 Å². The number of aryl methyl sites for hydroxylation is 1. The molecule has 1 heterocycles. The summed E-state index contributed by atoms with van der Waals surface area (Å²) in [7, 11) is 2.09. The van der Waals surface area contributed by atoms with Gasteiger partial charge in [-0.15, -0.1) is 0 Å². The van der Waals surface area contributed by atoms with E-state index in [9.17, 15) is 4.79 Å². The smallest absolute Gasteiger partial charge is 0.237 e. The van der Waals surface area contributed by atoms with E-state index in [1.54, 1.807) is 0 Å². The lowest BCUT2D eigenvalue weighted by molar-refractivity contribution is -0.123. The van der Waals surface area contributed by atoms with Crippen molar-refractivity contribution in [2.24, 2.45) is 5.73 Å². The number of nitrogens with two attached hydrogens (primary N) is 1. The summed E-state index contributed by atoms with van der Waals surface area (Å²) in [5.74, 6) is -0.0127. The van der Waals surface area contributed by atoms with Crippen LogP contribution in [0.4, 0.5) is 0 Å². The summed E-state index contributed by atoms with van der Waals surface area (Å²) in [5.41, 5.74) is 7.22. The van der Waals surface area contributed by atoms with E-state index in [0.29, 0.717) is 6.42 Å². The minimum atomic E-state index is -0.414. The van der Waals surface area contributed by atoms with Crippen molar-refractivity contribution in [2.75, 3.05) is 20.1 Å². The van der Waals surface area contributed by atoms with Crippen molar-refractivity contribution in [3.63, 3.8) is 0 Å². The molecule has 2 atom stereocenters. The largest absolute Gasteiger partial charge is 0.351 e. The molecule has 4 nitrogen and oxygen atoms in total. The maximum Gasteiger partial charge on any atom is 0.237 e. The molecule has 0 bridgehead atoms. The Kier molecular flexibility index (Phi) is 5.56. The van der Waals surface area contributed by atoms with E-state index in [1.807, 2.05) is 18.2 Å². The second-order valence-corrected chi connectivity index (χ2v) is 5.74. The summed E-state index contributed by atoms with van der Waals surface area (Å²) in [6, 6.07) is 10.0. The summed E-state index contributed by atoms with van der Waals surface area (Å²) in [6.07, 6.45) is 3.74. The van der Waals surface area contributed by atoms with Crippen LogP contribution in [-0.4, -0.2) is 43.0 Å². The molecule has 0 saturated carbocycles. The molecule has 1 saturated heterocycles. The number of carbonyl (C=O) groups excluding carboxylic acids is 1. The third kappa shape index (κ3) is 4.62. The van der Waals surface area contributed by atoms with Crippen LogP contribution in [0.5, 0.6) is 0 Å². The monoisotopic (exact) mass is 275 g/mol. The average Bonchev–Trinajstić information content (AvgIpc) is 2.46. The van der Waals surface area contributed by atoms with Crippen LogP contribution in [0.3, 0.4) is 0 Å². The van der Waals surface area contributed by atoms with Gasteiger partial charge in [0.2, 0.25) is 5.91 Å². The Morgan fingerprint density at radius 3 is 2.90 bits per heavy atom. The molecule has 20 heavy (non-hydrogen) atoms. The predicted molar refractivity (Wildman–Crippen MR) is 81.4 cm³/mol. The van der Waals surface area contributed by atoms with Gasteiger partial charge in [-0.1, -0.05) is 30.3 Å². The van der Waals surface area contributed by atoms with Gasteiger partial charge in [-0.3, -0.25) is 4.79 Å². The van der Waals surface area contributed by atoms with Crippen molar-refractivity contribution in [1.29, 1.82) is 0 Å². The van der Waals surface area contributed by atoms with Crippen molar-refractivity contribution >= 4 is 5.91 Å². The normalized spacial score (nSPS) is 21.4. The van der Waals surface area contributed by atoms with Gasteiger partial charge in [-0.05, 0) is 44.8 Å². The standard InChI is InChI=1S/C16H25N3O/c1-19-11-5-8-14(12-19)18-16(20)15(17)10-9-13-6-3-2-4-7-13/h2-4,6-7,14-15H,5,8-12,17H2,1H3,(H,18,20). The number of piperidine rings is 1. The molecule has 0 spiro atoms. The van der Waals surface area contributed by atoms with Gasteiger partial charge >= 0.3 is 0 Å². The van der Waals surface area contributed by atoms with Crippen LogP contribution in [0.25, 0.3) is 0 Å². The van der Waals surface area contributed by atoms with Crippen LogP contribution in [0.2, 0.25) is 0 Å². The molecule has 1 fully saturated rings. The minimum Gasteiger partial charge on any atom is -0.351 e. The maximum absolute atomic E-state index is 12.1. The molecule has 1 aromatic rings. The van der Waals surface area contributed by atoms with Gasteiger partial charge in [0.1, 0.15) is 0 Å². The zero-order chi connectivity index (χ0) is 14.4. The molecule has 1 aliphatic heterocycles. The summed E-state index contributed by atoms with van der Waals surface area (Å²) >= 11 is 0. The van der Waals surface area contributed by atoms with E-state index in [1.165, 1.54) is 5.56 Å². The number of benzene rings is 1. The third-order valence-corrected chi connectivity index (χ3v) is 3.89. The van der Waals surface area contributed by atoms with Crippen LogP contribution in [-0.2, 0) is 11.2 Å². The second-order valence-electron chi connectivity index (χ2n) is 5.74. The Morgan fingerprint density at radius 2 is 2.20 bits per heavy atom. The zero-order valence-corrected chi connectivity index (χ0v) is 12.2. The van der Waals surface area contributed by atoms with Crippen LogP contribution in [0.15, 0.2) is 30.3 Å². The van der Waals surface area contributed by atoms with E-state index in [0.717, 1.165) is 32.4 Å². The third-order valence-electron chi connectivity index (χ3n) is 3.89. The highest BCUT2D eigenvalue weighted by molar-refractivity contribution is 5.81. The van der Waals surface area contributed by atoms with Crippen LogP contribution < -0.4 is 11.1 Å². The first-order valence-electron chi connectivity index (χ1n) is 7.43. The number of carbonyl (C=O) groups is 1. The van der Waals surface area contributed by atoms with E-state index >= 15 is 0 Å². The van der Waals surface area contributed by atoms with Crippen molar-refractivity contribution in [3.05, 3.63) is 35.9 Å². The number of nitrogens with one attached hydrogen (secondary N) is 1. The van der Waals surface area contributed by atoms with Crippen molar-refractivity contribution in [3.8, 4) is 0 Å². The molecule has 0 radical (unpaired) electrons. The lowest BCUT2D eigenvalue weighted by Crippen LogP contribution is -2.51. The van der Waals surface area contributed by atoms with E-state index in [4.69, 9.17) is 5.73 Å².